The molecule has 120 valence electrons. The first-order valence-electron chi connectivity index (χ1n) is 6.44. The second-order valence-corrected chi connectivity index (χ2v) is 5.70. The van der Waals surface area contributed by atoms with Gasteiger partial charge >= 0.3 is 6.18 Å². The molecule has 0 aliphatic rings. The lowest BCUT2D eigenvalue weighted by Gasteiger charge is -2.09. The van der Waals surface area contributed by atoms with Gasteiger partial charge in [-0.2, -0.15) is 13.2 Å². The molecule has 0 aliphatic heterocycles. The number of hydrogen-bond donors (Lipinski definition) is 1. The summed E-state index contributed by atoms with van der Waals surface area (Å²) < 4.78 is 37.8. The summed E-state index contributed by atoms with van der Waals surface area (Å²) in [7, 11) is 0. The zero-order chi connectivity index (χ0) is 16.9. The number of nitrogens with zero attached hydrogens (tertiary/aromatic N) is 3. The van der Waals surface area contributed by atoms with Crippen LogP contribution in [0.3, 0.4) is 0 Å². The molecule has 23 heavy (non-hydrogen) atoms. The first-order chi connectivity index (χ1) is 10.9. The molecule has 0 radical (unpaired) electrons. The van der Waals surface area contributed by atoms with Gasteiger partial charge in [0.2, 0.25) is 0 Å². The highest BCUT2D eigenvalue weighted by molar-refractivity contribution is 7.14. The smallest absolute Gasteiger partial charge is 0.347 e. The van der Waals surface area contributed by atoms with Crippen molar-refractivity contribution in [3.8, 4) is 0 Å². The van der Waals surface area contributed by atoms with Crippen LogP contribution in [0.4, 0.5) is 13.2 Å². The topological polar surface area (TPSA) is 77.9 Å². The van der Waals surface area contributed by atoms with Gasteiger partial charge in [0.15, 0.2) is 0 Å². The van der Waals surface area contributed by atoms with E-state index in [1.54, 1.807) is 12.1 Å². The van der Waals surface area contributed by atoms with E-state index in [2.05, 4.69) is 15.3 Å². The Balaban J connectivity index is 1.99. The second kappa shape index (κ2) is 7.17. The van der Waals surface area contributed by atoms with E-state index in [4.69, 9.17) is 5.53 Å². The summed E-state index contributed by atoms with van der Waals surface area (Å²) in [5.41, 5.74) is 7.84. The van der Waals surface area contributed by atoms with Crippen LogP contribution in [-0.4, -0.2) is 5.91 Å². The van der Waals surface area contributed by atoms with E-state index in [-0.39, 0.29) is 19.0 Å². The Morgan fingerprint density at radius 2 is 2.09 bits per heavy atom. The van der Waals surface area contributed by atoms with Crippen molar-refractivity contribution >= 4 is 17.2 Å². The molecule has 5 nitrogen and oxygen atoms in total. The Labute approximate surface area is 133 Å². The summed E-state index contributed by atoms with van der Waals surface area (Å²) >= 11 is 1.17. The molecule has 1 N–H and O–H groups in total. The number of amides is 1. The lowest BCUT2D eigenvalue weighted by Crippen LogP contribution is -2.22. The van der Waals surface area contributed by atoms with Crippen LogP contribution in [0.5, 0.6) is 0 Å². The van der Waals surface area contributed by atoms with E-state index in [9.17, 15) is 18.0 Å². The number of rotatable bonds is 5. The average Bonchev–Trinajstić information content (AvgIpc) is 2.99. The third-order valence-corrected chi connectivity index (χ3v) is 3.95. The Hall–Kier alpha value is -2.51. The minimum absolute atomic E-state index is 0.00760. The fourth-order valence-electron chi connectivity index (χ4n) is 1.81. The fourth-order valence-corrected chi connectivity index (χ4v) is 2.66. The standard InChI is InChI=1S/C14H11F3N4OS/c15-14(16,17)10-3-1-2-9(6-10)7-19-13(22)12-5-4-11(23-12)8-20-21-18/h1-6H,7-8H2,(H,19,22). The summed E-state index contributed by atoms with van der Waals surface area (Å²) in [6.45, 7) is 0.147. The van der Waals surface area contributed by atoms with Crippen molar-refractivity contribution < 1.29 is 18.0 Å². The molecule has 0 bridgehead atoms. The predicted octanol–water partition coefficient (Wildman–Crippen LogP) is 4.51. The highest BCUT2D eigenvalue weighted by Gasteiger charge is 2.30. The van der Waals surface area contributed by atoms with Crippen LogP contribution in [-0.2, 0) is 19.3 Å². The van der Waals surface area contributed by atoms with Crippen LogP contribution in [0.15, 0.2) is 41.5 Å². The molecule has 0 spiro atoms. The first kappa shape index (κ1) is 16.9. The molecule has 1 aromatic carbocycles. The van der Waals surface area contributed by atoms with E-state index < -0.39 is 11.7 Å². The van der Waals surface area contributed by atoms with Crippen molar-refractivity contribution in [2.75, 3.05) is 0 Å². The van der Waals surface area contributed by atoms with Crippen molar-refractivity contribution in [2.45, 2.75) is 19.3 Å². The number of hydrogen-bond acceptors (Lipinski definition) is 3. The number of thiophene rings is 1. The van der Waals surface area contributed by atoms with Crippen molar-refractivity contribution in [3.63, 3.8) is 0 Å². The van der Waals surface area contributed by atoms with Gasteiger partial charge in [0.1, 0.15) is 0 Å². The maximum Gasteiger partial charge on any atom is 0.416 e. The number of halogens is 3. The van der Waals surface area contributed by atoms with Crippen LogP contribution in [0, 0.1) is 0 Å². The number of carbonyl (C=O) groups excluding carboxylic acids is 1. The van der Waals surface area contributed by atoms with E-state index in [1.807, 2.05) is 0 Å². The van der Waals surface area contributed by atoms with Gasteiger partial charge < -0.3 is 5.32 Å². The van der Waals surface area contributed by atoms with Crippen molar-refractivity contribution in [1.29, 1.82) is 0 Å². The molecule has 1 aromatic heterocycles. The summed E-state index contributed by atoms with van der Waals surface area (Å²) in [6, 6.07) is 8.03. The number of carbonyl (C=O) groups is 1. The monoisotopic (exact) mass is 340 g/mol. The fraction of sp³-hybridized carbons (Fsp3) is 0.214. The van der Waals surface area contributed by atoms with Crippen LogP contribution in [0.2, 0.25) is 0 Å². The molecular weight excluding hydrogens is 329 g/mol. The van der Waals surface area contributed by atoms with Gasteiger partial charge in [0.05, 0.1) is 17.0 Å². The maximum atomic E-state index is 12.6. The first-order valence-corrected chi connectivity index (χ1v) is 7.25. The van der Waals surface area contributed by atoms with Gasteiger partial charge in [0, 0.05) is 16.3 Å². The number of azide groups is 1. The third kappa shape index (κ3) is 4.73. The van der Waals surface area contributed by atoms with Crippen molar-refractivity contribution in [2.24, 2.45) is 5.11 Å². The van der Waals surface area contributed by atoms with E-state index in [1.165, 1.54) is 23.5 Å². The minimum Gasteiger partial charge on any atom is -0.347 e. The highest BCUT2D eigenvalue weighted by atomic mass is 32.1. The SMILES string of the molecule is [N-]=[N+]=NCc1ccc(C(=O)NCc2cccc(C(F)(F)F)c2)s1. The number of benzene rings is 1. The lowest BCUT2D eigenvalue weighted by molar-refractivity contribution is -0.137. The summed E-state index contributed by atoms with van der Waals surface area (Å²) in [5, 5.41) is 5.96. The van der Waals surface area contributed by atoms with Crippen LogP contribution >= 0.6 is 11.3 Å². The second-order valence-electron chi connectivity index (χ2n) is 4.54. The van der Waals surface area contributed by atoms with E-state index in [0.717, 1.165) is 17.0 Å². The van der Waals surface area contributed by atoms with Crippen molar-refractivity contribution in [1.82, 2.24) is 5.32 Å². The normalized spacial score (nSPS) is 10.9. The molecule has 1 amide bonds. The van der Waals surface area contributed by atoms with Crippen LogP contribution in [0.25, 0.3) is 10.4 Å². The molecule has 2 aromatic rings. The molecule has 2 rings (SSSR count). The van der Waals surface area contributed by atoms with Gasteiger partial charge in [-0.1, -0.05) is 17.2 Å². The number of alkyl halides is 3. The van der Waals surface area contributed by atoms with Crippen LogP contribution < -0.4 is 5.32 Å². The van der Waals surface area contributed by atoms with Gasteiger partial charge in [-0.25, -0.2) is 0 Å². The van der Waals surface area contributed by atoms with E-state index in [0.29, 0.717) is 10.4 Å². The van der Waals surface area contributed by atoms with E-state index >= 15 is 0 Å². The van der Waals surface area contributed by atoms with Gasteiger partial charge in [0.25, 0.3) is 5.91 Å². The molecule has 0 atom stereocenters. The Morgan fingerprint density at radius 3 is 2.78 bits per heavy atom. The summed E-state index contributed by atoms with van der Waals surface area (Å²) in [4.78, 5) is 15.7. The zero-order valence-corrected chi connectivity index (χ0v) is 12.5. The Bertz CT molecular complexity index is 750. The zero-order valence-electron chi connectivity index (χ0n) is 11.7. The Kier molecular flexibility index (Phi) is 5.25. The van der Waals surface area contributed by atoms with Gasteiger partial charge in [-0.15, -0.1) is 11.3 Å². The van der Waals surface area contributed by atoms with Gasteiger partial charge in [-0.3, -0.25) is 4.79 Å². The summed E-state index contributed by atoms with van der Waals surface area (Å²) in [5.74, 6) is -0.389. The van der Waals surface area contributed by atoms with Gasteiger partial charge in [-0.05, 0) is 35.4 Å². The molecule has 1 heterocycles. The minimum atomic E-state index is -4.41. The summed E-state index contributed by atoms with van der Waals surface area (Å²) in [6.07, 6.45) is -4.41. The average molecular weight is 340 g/mol. The quantitative estimate of drug-likeness (QED) is 0.485. The highest BCUT2D eigenvalue weighted by Crippen LogP contribution is 2.29. The molecule has 0 saturated carbocycles. The van der Waals surface area contributed by atoms with Crippen LogP contribution in [0.1, 0.15) is 25.7 Å². The lowest BCUT2D eigenvalue weighted by atomic mass is 10.1. The Morgan fingerprint density at radius 1 is 1.30 bits per heavy atom. The maximum absolute atomic E-state index is 12.6. The molecule has 0 saturated heterocycles. The van der Waals surface area contributed by atoms with Crippen molar-refractivity contribution in [3.05, 3.63) is 67.7 Å². The molecule has 0 aliphatic carbocycles. The number of nitrogens with one attached hydrogen (secondary N) is 1. The third-order valence-electron chi connectivity index (χ3n) is 2.88. The molecule has 9 heteroatoms. The molecular formula is C14H11F3N4OS. The molecule has 0 fully saturated rings. The molecule has 0 unspecified atom stereocenters. The predicted molar refractivity (Wildman–Crippen MR) is 79.8 cm³/mol. The largest absolute Gasteiger partial charge is 0.416 e.